The number of aromatic nitrogens is 2. The predicted molar refractivity (Wildman–Crippen MR) is 336 cm³/mol. The number of anilines is 6. The van der Waals surface area contributed by atoms with E-state index in [0.29, 0.717) is 0 Å². The summed E-state index contributed by atoms with van der Waals surface area (Å²) in [7, 11) is 0. The van der Waals surface area contributed by atoms with E-state index >= 15 is 0 Å². The molecule has 0 radical (unpaired) electrons. The van der Waals surface area contributed by atoms with Gasteiger partial charge in [-0.25, -0.2) is 0 Å². The van der Waals surface area contributed by atoms with Crippen LogP contribution in [0, 0.1) is 0 Å². The molecule has 2 aliphatic rings. The van der Waals surface area contributed by atoms with E-state index in [0.717, 1.165) is 47.2 Å². The molecule has 6 heteroatoms. The largest absolute Gasteiger partial charge is 0.341 e. The number of nitrogens with zero attached hydrogens (tertiary/aromatic N) is 4. The van der Waals surface area contributed by atoms with Gasteiger partial charge in [0, 0.05) is 101 Å². The van der Waals surface area contributed by atoms with Gasteiger partial charge in [0.1, 0.15) is 0 Å². The highest BCUT2D eigenvalue weighted by atomic mass is 32.1. The normalized spacial score (nSPS) is 12.9. The van der Waals surface area contributed by atoms with Crippen molar-refractivity contribution in [3.05, 3.63) is 276 Å². The Balaban J connectivity index is 0.887. The fraction of sp³-hybridized carbons (Fsp3) is 0.0685. The van der Waals surface area contributed by atoms with Gasteiger partial charge in [-0.05, 0) is 202 Å². The molecule has 2 aliphatic carbocycles. The number of para-hydroxylation sites is 2. The topological polar surface area (TPSA) is 16.3 Å². The maximum absolute atomic E-state index is 2.53. The Morgan fingerprint density at radius 1 is 0.316 bits per heavy atom. The summed E-state index contributed by atoms with van der Waals surface area (Å²) in [6, 6.07) is 90.9. The molecule has 14 aromatic rings. The van der Waals surface area contributed by atoms with Crippen molar-refractivity contribution in [3.8, 4) is 43.1 Å². The molecule has 0 saturated heterocycles. The zero-order valence-electron chi connectivity index (χ0n) is 43.8. The van der Waals surface area contributed by atoms with Crippen LogP contribution in [-0.4, -0.2) is 9.13 Å². The minimum atomic E-state index is -0.537. The van der Waals surface area contributed by atoms with Crippen LogP contribution in [0.15, 0.2) is 253 Å². The second kappa shape index (κ2) is 17.9. The van der Waals surface area contributed by atoms with Crippen molar-refractivity contribution < 1.29 is 0 Å². The van der Waals surface area contributed by atoms with Gasteiger partial charge in [0.2, 0.25) is 0 Å². The van der Waals surface area contributed by atoms with E-state index in [4.69, 9.17) is 0 Å². The lowest BCUT2D eigenvalue weighted by atomic mass is 9.71. The third-order valence-electron chi connectivity index (χ3n) is 17.1. The minimum absolute atomic E-state index is 0.537. The Bertz CT molecular complexity index is 4400. The highest BCUT2D eigenvalue weighted by molar-refractivity contribution is 7.21. The molecule has 0 bridgehead atoms. The summed E-state index contributed by atoms with van der Waals surface area (Å²) in [5.74, 6) is 0. The summed E-state index contributed by atoms with van der Waals surface area (Å²) < 4.78 is 4.92. The minimum Gasteiger partial charge on any atom is -0.341 e. The SMILES string of the molecule is CCn1c2ccc(-c3ccccc3)cc2c2cc(N(c3ccccc3)c3ccc4c(c3)C3(c5cc(N(c6ccccc6)c6ccc7c(c6)c6cc(-c8ccccc8)ccc6n7CC)ccc5-4)c4ccsc4-c4sccc43)ccc21. The van der Waals surface area contributed by atoms with Crippen LogP contribution in [-0.2, 0) is 18.5 Å². The van der Waals surface area contributed by atoms with Gasteiger partial charge >= 0.3 is 0 Å². The molecular weight excluding hydrogens is 997 g/mol. The van der Waals surface area contributed by atoms with Crippen molar-refractivity contribution in [2.24, 2.45) is 0 Å². The first-order valence-corrected chi connectivity index (χ1v) is 29.2. The molecule has 4 aromatic heterocycles. The monoisotopic (exact) mass is 1050 g/mol. The lowest BCUT2D eigenvalue weighted by Gasteiger charge is -2.32. The lowest BCUT2D eigenvalue weighted by Crippen LogP contribution is -2.26. The molecule has 16 rings (SSSR count). The maximum atomic E-state index is 2.53. The smallest absolute Gasteiger partial charge is 0.0743 e. The quantitative estimate of drug-likeness (QED) is 0.136. The van der Waals surface area contributed by atoms with Crippen LogP contribution >= 0.6 is 22.7 Å². The molecular formula is C73H52N4S2. The van der Waals surface area contributed by atoms with Gasteiger partial charge in [-0.3, -0.25) is 0 Å². The molecule has 10 aromatic carbocycles. The molecule has 376 valence electrons. The standard InChI is InChI=1S/C73H52N4S2/c1-3-74-67-33-25-49(47-17-9-5-10-18-47)41-59(67)61-43-53(29-35-69(61)74)76(51-21-13-7-14-22-51)55-27-31-57-58-32-28-56(46-66(58)73(65(57)45-55)63-37-39-78-71(63)72-64(73)38-40-79-72)77(52-23-15-8-16-24-52)54-30-36-70-62(44-54)60-42-50(48-19-11-6-12-20-48)26-34-68(60)75(70)4-2/h5-46H,3-4H2,1-2H3. The number of fused-ring (bicyclic) bond motifs is 16. The van der Waals surface area contributed by atoms with Crippen molar-refractivity contribution in [3.63, 3.8) is 0 Å². The average molecular weight is 1050 g/mol. The average Bonchev–Trinajstić information content (AvgIpc) is 2.77. The Kier molecular flexibility index (Phi) is 10.4. The number of hydrogen-bond acceptors (Lipinski definition) is 4. The predicted octanol–water partition coefficient (Wildman–Crippen LogP) is 20.7. The summed E-state index contributed by atoms with van der Waals surface area (Å²) in [6.45, 7) is 6.27. The van der Waals surface area contributed by atoms with Crippen LogP contribution < -0.4 is 9.80 Å². The van der Waals surface area contributed by atoms with Crippen LogP contribution in [0.3, 0.4) is 0 Å². The fourth-order valence-corrected chi connectivity index (χ4v) is 15.8. The van der Waals surface area contributed by atoms with E-state index in [1.807, 2.05) is 22.7 Å². The Morgan fingerprint density at radius 2 is 0.671 bits per heavy atom. The van der Waals surface area contributed by atoms with Crippen molar-refractivity contribution in [2.75, 3.05) is 9.80 Å². The first-order chi connectivity index (χ1) is 39.1. The van der Waals surface area contributed by atoms with Crippen molar-refractivity contribution in [2.45, 2.75) is 32.4 Å². The third kappa shape index (κ3) is 6.78. The van der Waals surface area contributed by atoms with Crippen LogP contribution in [0.4, 0.5) is 34.1 Å². The van der Waals surface area contributed by atoms with E-state index in [-0.39, 0.29) is 0 Å². The number of thiophene rings is 2. The van der Waals surface area contributed by atoms with E-state index in [1.165, 1.54) is 109 Å². The summed E-state index contributed by atoms with van der Waals surface area (Å²) in [4.78, 5) is 7.70. The Morgan fingerprint density at radius 3 is 1.08 bits per heavy atom. The molecule has 0 amide bonds. The highest BCUT2D eigenvalue weighted by Crippen LogP contribution is 2.66. The number of rotatable bonds is 10. The molecule has 1 spiro atoms. The summed E-state index contributed by atoms with van der Waals surface area (Å²) in [5.41, 5.74) is 24.0. The second-order valence-electron chi connectivity index (χ2n) is 21.0. The van der Waals surface area contributed by atoms with Gasteiger partial charge < -0.3 is 18.9 Å². The summed E-state index contributed by atoms with van der Waals surface area (Å²) in [6.07, 6.45) is 0. The Hall–Kier alpha value is -9.20. The molecule has 0 atom stereocenters. The van der Waals surface area contributed by atoms with Crippen molar-refractivity contribution in [1.29, 1.82) is 0 Å². The van der Waals surface area contributed by atoms with E-state index in [2.05, 4.69) is 286 Å². The Labute approximate surface area is 467 Å². The first kappa shape index (κ1) is 45.9. The van der Waals surface area contributed by atoms with Crippen LogP contribution in [0.2, 0.25) is 0 Å². The number of benzene rings is 10. The van der Waals surface area contributed by atoms with Gasteiger partial charge in [-0.1, -0.05) is 121 Å². The summed E-state index contributed by atoms with van der Waals surface area (Å²) >= 11 is 3.75. The lowest BCUT2D eigenvalue weighted by molar-refractivity contribution is 0.798. The van der Waals surface area contributed by atoms with Crippen molar-refractivity contribution >= 4 is 100 Å². The van der Waals surface area contributed by atoms with E-state index < -0.39 is 5.41 Å². The fourth-order valence-electron chi connectivity index (χ4n) is 13.7. The first-order valence-electron chi connectivity index (χ1n) is 27.5. The molecule has 0 fully saturated rings. The van der Waals surface area contributed by atoms with E-state index in [1.54, 1.807) is 0 Å². The molecule has 4 nitrogen and oxygen atoms in total. The van der Waals surface area contributed by atoms with Crippen LogP contribution in [0.25, 0.3) is 86.7 Å². The third-order valence-corrected chi connectivity index (χ3v) is 19.0. The van der Waals surface area contributed by atoms with Gasteiger partial charge in [0.25, 0.3) is 0 Å². The van der Waals surface area contributed by atoms with Crippen molar-refractivity contribution in [1.82, 2.24) is 9.13 Å². The molecule has 0 N–H and O–H groups in total. The molecule has 4 heterocycles. The van der Waals surface area contributed by atoms with E-state index in [9.17, 15) is 0 Å². The van der Waals surface area contributed by atoms with Crippen LogP contribution in [0.1, 0.15) is 36.1 Å². The molecule has 0 saturated carbocycles. The second-order valence-corrected chi connectivity index (χ2v) is 22.8. The van der Waals surface area contributed by atoms with Gasteiger partial charge in [0.15, 0.2) is 0 Å². The molecule has 0 unspecified atom stereocenters. The van der Waals surface area contributed by atoms with Crippen LogP contribution in [0.5, 0.6) is 0 Å². The molecule has 79 heavy (non-hydrogen) atoms. The van der Waals surface area contributed by atoms with Gasteiger partial charge in [0.05, 0.1) is 5.41 Å². The maximum Gasteiger partial charge on any atom is 0.0743 e. The zero-order chi connectivity index (χ0) is 52.3. The van der Waals surface area contributed by atoms with Gasteiger partial charge in [-0.15, -0.1) is 22.7 Å². The zero-order valence-corrected chi connectivity index (χ0v) is 45.4. The van der Waals surface area contributed by atoms with Gasteiger partial charge in [-0.2, -0.15) is 0 Å². The number of aryl methyl sites for hydroxylation is 2. The summed E-state index contributed by atoms with van der Waals surface area (Å²) in [5, 5.41) is 9.65. The number of hydrogen-bond donors (Lipinski definition) is 0. The molecule has 0 aliphatic heterocycles. The highest BCUT2D eigenvalue weighted by Gasteiger charge is 2.53.